The monoisotopic (exact) mass is 258 g/mol. The van der Waals surface area contributed by atoms with Crippen molar-refractivity contribution in [2.24, 2.45) is 5.92 Å². The Morgan fingerprint density at radius 1 is 1.39 bits per heavy atom. The zero-order valence-corrected chi connectivity index (χ0v) is 10.2. The molecule has 0 aliphatic heterocycles. The van der Waals surface area contributed by atoms with E-state index in [1.165, 1.54) is 12.1 Å². The van der Waals surface area contributed by atoms with Crippen LogP contribution in [0.4, 0.5) is 14.5 Å². The summed E-state index contributed by atoms with van der Waals surface area (Å²) < 4.78 is 28.7. The Morgan fingerprint density at radius 2 is 2.06 bits per heavy atom. The molecule has 4 nitrogen and oxygen atoms in total. The van der Waals surface area contributed by atoms with Gasteiger partial charge in [-0.05, 0) is 19.2 Å². The topological polar surface area (TPSA) is 50.4 Å². The maximum Gasteiger partial charge on any atom is 0.387 e. The third kappa shape index (κ3) is 4.29. The molecular formula is C12H16F2N2O2. The summed E-state index contributed by atoms with van der Waals surface area (Å²) in [6.07, 6.45) is 0. The first-order valence-corrected chi connectivity index (χ1v) is 5.54. The standard InChI is InChI=1S/C12H16F2N2O2/c1-8(7-15-2)11(17)16-9-5-3-4-6-10(9)18-12(13)14/h3-6,8,12,15H,7H2,1-2H3,(H,16,17). The number of carbonyl (C=O) groups excluding carboxylic acids is 1. The van der Waals surface area contributed by atoms with Gasteiger partial charge < -0.3 is 15.4 Å². The van der Waals surface area contributed by atoms with Gasteiger partial charge in [0.2, 0.25) is 5.91 Å². The Bertz CT molecular complexity index is 399. The number of benzene rings is 1. The van der Waals surface area contributed by atoms with Crippen LogP contribution in [-0.2, 0) is 4.79 Å². The van der Waals surface area contributed by atoms with Crippen LogP contribution in [0.1, 0.15) is 6.92 Å². The van der Waals surface area contributed by atoms with Crippen LogP contribution in [0.2, 0.25) is 0 Å². The Morgan fingerprint density at radius 3 is 2.67 bits per heavy atom. The zero-order valence-electron chi connectivity index (χ0n) is 10.2. The molecule has 1 aromatic rings. The molecule has 1 atom stereocenters. The number of carbonyl (C=O) groups is 1. The highest BCUT2D eigenvalue weighted by atomic mass is 19.3. The summed E-state index contributed by atoms with van der Waals surface area (Å²) in [7, 11) is 1.73. The molecule has 0 aliphatic rings. The minimum atomic E-state index is -2.92. The maximum absolute atomic E-state index is 12.2. The van der Waals surface area contributed by atoms with Gasteiger partial charge in [-0.25, -0.2) is 0 Å². The Labute approximate surface area is 104 Å². The van der Waals surface area contributed by atoms with Crippen LogP contribution in [0.25, 0.3) is 0 Å². The summed E-state index contributed by atoms with van der Waals surface area (Å²) in [4.78, 5) is 11.7. The Hall–Kier alpha value is -1.69. The van der Waals surface area contributed by atoms with Crippen molar-refractivity contribution in [2.45, 2.75) is 13.5 Å². The van der Waals surface area contributed by atoms with E-state index in [0.29, 0.717) is 6.54 Å². The number of halogens is 2. The van der Waals surface area contributed by atoms with Crippen LogP contribution < -0.4 is 15.4 Å². The average molecular weight is 258 g/mol. The summed E-state index contributed by atoms with van der Waals surface area (Å²) in [6.45, 7) is -0.677. The Kier molecular flexibility index (Phi) is 5.51. The fourth-order valence-electron chi connectivity index (χ4n) is 1.42. The molecule has 1 rings (SSSR count). The van der Waals surface area contributed by atoms with Crippen molar-refractivity contribution in [3.8, 4) is 5.75 Å². The predicted molar refractivity (Wildman–Crippen MR) is 64.8 cm³/mol. The fourth-order valence-corrected chi connectivity index (χ4v) is 1.42. The molecule has 0 spiro atoms. The van der Waals surface area contributed by atoms with Crippen molar-refractivity contribution in [2.75, 3.05) is 18.9 Å². The van der Waals surface area contributed by atoms with E-state index in [-0.39, 0.29) is 23.3 Å². The van der Waals surface area contributed by atoms with Gasteiger partial charge in [-0.15, -0.1) is 0 Å². The van der Waals surface area contributed by atoms with Crippen molar-refractivity contribution in [3.63, 3.8) is 0 Å². The molecule has 0 aromatic heterocycles. The van der Waals surface area contributed by atoms with Crippen LogP contribution >= 0.6 is 0 Å². The van der Waals surface area contributed by atoms with E-state index in [1.54, 1.807) is 26.1 Å². The summed E-state index contributed by atoms with van der Waals surface area (Å²) in [5, 5.41) is 5.43. The number of hydrogen-bond acceptors (Lipinski definition) is 3. The highest BCUT2D eigenvalue weighted by Crippen LogP contribution is 2.25. The summed E-state index contributed by atoms with van der Waals surface area (Å²) >= 11 is 0. The molecule has 1 amide bonds. The van der Waals surface area contributed by atoms with Crippen LogP contribution in [0.15, 0.2) is 24.3 Å². The molecule has 18 heavy (non-hydrogen) atoms. The van der Waals surface area contributed by atoms with Gasteiger partial charge in [0.1, 0.15) is 5.75 Å². The van der Waals surface area contributed by atoms with E-state index >= 15 is 0 Å². The fraction of sp³-hybridized carbons (Fsp3) is 0.417. The third-order valence-electron chi connectivity index (χ3n) is 2.32. The van der Waals surface area contributed by atoms with Crippen molar-refractivity contribution < 1.29 is 18.3 Å². The van der Waals surface area contributed by atoms with E-state index < -0.39 is 6.61 Å². The lowest BCUT2D eigenvalue weighted by Gasteiger charge is -2.14. The lowest BCUT2D eigenvalue weighted by atomic mass is 10.1. The van der Waals surface area contributed by atoms with Gasteiger partial charge >= 0.3 is 6.61 Å². The number of nitrogens with one attached hydrogen (secondary N) is 2. The highest BCUT2D eigenvalue weighted by molar-refractivity contribution is 5.93. The molecule has 1 unspecified atom stereocenters. The number of amides is 1. The van der Waals surface area contributed by atoms with Gasteiger partial charge in [0, 0.05) is 12.5 Å². The predicted octanol–water partition coefficient (Wildman–Crippen LogP) is 2.08. The highest BCUT2D eigenvalue weighted by Gasteiger charge is 2.15. The van der Waals surface area contributed by atoms with E-state index in [1.807, 2.05) is 0 Å². The molecule has 0 aliphatic carbocycles. The molecule has 6 heteroatoms. The second kappa shape index (κ2) is 6.90. The van der Waals surface area contributed by atoms with Crippen molar-refractivity contribution in [3.05, 3.63) is 24.3 Å². The number of hydrogen-bond donors (Lipinski definition) is 2. The van der Waals surface area contributed by atoms with Gasteiger partial charge in [0.15, 0.2) is 0 Å². The summed E-state index contributed by atoms with van der Waals surface area (Å²) in [5.74, 6) is -0.568. The average Bonchev–Trinajstić information content (AvgIpc) is 2.31. The van der Waals surface area contributed by atoms with Crippen molar-refractivity contribution >= 4 is 11.6 Å². The quantitative estimate of drug-likeness (QED) is 0.821. The van der Waals surface area contributed by atoms with E-state index in [4.69, 9.17) is 0 Å². The largest absolute Gasteiger partial charge is 0.433 e. The van der Waals surface area contributed by atoms with Gasteiger partial charge in [-0.3, -0.25) is 4.79 Å². The third-order valence-corrected chi connectivity index (χ3v) is 2.32. The first-order chi connectivity index (χ1) is 8.54. The van der Waals surface area contributed by atoms with Gasteiger partial charge in [0.25, 0.3) is 0 Å². The minimum Gasteiger partial charge on any atom is -0.433 e. The maximum atomic E-state index is 12.2. The number of rotatable bonds is 6. The zero-order chi connectivity index (χ0) is 13.5. The molecule has 2 N–H and O–H groups in total. The van der Waals surface area contributed by atoms with Crippen LogP contribution in [0.5, 0.6) is 5.75 Å². The molecular weight excluding hydrogens is 242 g/mol. The molecule has 100 valence electrons. The SMILES string of the molecule is CNCC(C)C(=O)Nc1ccccc1OC(F)F. The van der Waals surface area contributed by atoms with E-state index in [9.17, 15) is 13.6 Å². The smallest absolute Gasteiger partial charge is 0.387 e. The lowest BCUT2D eigenvalue weighted by Crippen LogP contribution is -2.28. The molecule has 0 saturated heterocycles. The van der Waals surface area contributed by atoms with Gasteiger partial charge in [0.05, 0.1) is 5.69 Å². The number of anilines is 1. The van der Waals surface area contributed by atoms with Crippen LogP contribution in [-0.4, -0.2) is 26.1 Å². The minimum absolute atomic E-state index is 0.0440. The normalized spacial score (nSPS) is 12.3. The lowest BCUT2D eigenvalue weighted by molar-refractivity contribution is -0.119. The summed E-state index contributed by atoms with van der Waals surface area (Å²) in [5.41, 5.74) is 0.241. The molecule has 0 bridgehead atoms. The van der Waals surface area contributed by atoms with Crippen molar-refractivity contribution in [1.82, 2.24) is 5.32 Å². The van der Waals surface area contributed by atoms with E-state index in [2.05, 4.69) is 15.4 Å². The molecule has 0 heterocycles. The molecule has 0 radical (unpaired) electrons. The molecule has 0 saturated carbocycles. The number of ether oxygens (including phenoxy) is 1. The van der Waals surface area contributed by atoms with Crippen LogP contribution in [0, 0.1) is 5.92 Å². The van der Waals surface area contributed by atoms with E-state index in [0.717, 1.165) is 0 Å². The second-order valence-corrected chi connectivity index (χ2v) is 3.82. The van der Waals surface area contributed by atoms with Gasteiger partial charge in [-0.2, -0.15) is 8.78 Å². The molecule has 1 aromatic carbocycles. The first kappa shape index (κ1) is 14.4. The number of para-hydroxylation sites is 2. The Balaban J connectivity index is 2.74. The second-order valence-electron chi connectivity index (χ2n) is 3.82. The van der Waals surface area contributed by atoms with Crippen molar-refractivity contribution in [1.29, 1.82) is 0 Å². The molecule has 0 fully saturated rings. The summed E-state index contributed by atoms with van der Waals surface area (Å²) in [6, 6.07) is 6.09. The van der Waals surface area contributed by atoms with Gasteiger partial charge in [-0.1, -0.05) is 19.1 Å². The van der Waals surface area contributed by atoms with Crippen LogP contribution in [0.3, 0.4) is 0 Å². The number of alkyl halides is 2. The first-order valence-electron chi connectivity index (χ1n) is 5.54.